The fourth-order valence-corrected chi connectivity index (χ4v) is 5.14. The molecule has 0 unspecified atom stereocenters. The van der Waals surface area contributed by atoms with Crippen LogP contribution in [0, 0.1) is 11.7 Å². The number of aliphatic hydroxyl groups is 1. The van der Waals surface area contributed by atoms with Crippen LogP contribution in [0.3, 0.4) is 0 Å². The Balaban J connectivity index is 2.31. The molecule has 2 aliphatic heterocycles. The van der Waals surface area contributed by atoms with Crippen molar-refractivity contribution in [2.45, 2.75) is 44.3 Å². The number of rotatable bonds is 5. The highest BCUT2D eigenvalue weighted by molar-refractivity contribution is 6.31. The number of nitrogens with zero attached hydrogens (tertiary/aromatic N) is 1. The monoisotopic (exact) mass is 467 g/mol. The topological polar surface area (TPSA) is 78.6 Å². The van der Waals surface area contributed by atoms with Crippen LogP contribution < -0.4 is 11.1 Å². The van der Waals surface area contributed by atoms with E-state index >= 15 is 4.39 Å². The molecule has 31 heavy (non-hydrogen) atoms. The Morgan fingerprint density at radius 3 is 2.74 bits per heavy atom. The van der Waals surface area contributed by atoms with Gasteiger partial charge in [-0.1, -0.05) is 61.8 Å². The van der Waals surface area contributed by atoms with Gasteiger partial charge >= 0.3 is 0 Å². The normalized spacial score (nSPS) is 30.8. The van der Waals surface area contributed by atoms with Crippen molar-refractivity contribution in [3.8, 4) is 0 Å². The number of halogens is 3. The number of allylic oxidation sites excluding steroid dienone is 3. The van der Waals surface area contributed by atoms with Crippen molar-refractivity contribution in [2.75, 3.05) is 13.2 Å². The Hall–Kier alpha value is -1.70. The van der Waals surface area contributed by atoms with E-state index in [1.165, 1.54) is 6.07 Å². The van der Waals surface area contributed by atoms with Gasteiger partial charge in [-0.15, -0.1) is 0 Å². The van der Waals surface area contributed by atoms with Crippen molar-refractivity contribution >= 4 is 29.1 Å². The molecular formula is C23H28Cl2FN3O2. The van der Waals surface area contributed by atoms with Crippen molar-refractivity contribution in [3.05, 3.63) is 69.6 Å². The summed E-state index contributed by atoms with van der Waals surface area (Å²) in [4.78, 5) is 15.5. The zero-order valence-electron chi connectivity index (χ0n) is 17.8. The van der Waals surface area contributed by atoms with Crippen LogP contribution in [-0.2, 0) is 4.79 Å². The first-order valence-corrected chi connectivity index (χ1v) is 11.0. The maximum atomic E-state index is 15.2. The average molecular weight is 468 g/mol. The Kier molecular flexibility index (Phi) is 6.99. The number of benzene rings is 1. The van der Waals surface area contributed by atoms with Crippen molar-refractivity contribution < 1.29 is 14.3 Å². The summed E-state index contributed by atoms with van der Waals surface area (Å²) in [5.41, 5.74) is 6.33. The van der Waals surface area contributed by atoms with E-state index in [1.54, 1.807) is 31.2 Å². The van der Waals surface area contributed by atoms with E-state index in [1.807, 2.05) is 18.7 Å². The third kappa shape index (κ3) is 3.74. The molecule has 2 saturated heterocycles. The lowest BCUT2D eigenvalue weighted by Gasteiger charge is -2.40. The van der Waals surface area contributed by atoms with E-state index in [9.17, 15) is 9.90 Å². The third-order valence-electron chi connectivity index (χ3n) is 6.14. The molecule has 4 N–H and O–H groups in total. The first kappa shape index (κ1) is 24.0. The zero-order chi connectivity index (χ0) is 23.1. The van der Waals surface area contributed by atoms with Crippen molar-refractivity contribution in [1.29, 1.82) is 0 Å². The van der Waals surface area contributed by atoms with E-state index in [0.717, 1.165) is 0 Å². The van der Waals surface area contributed by atoms with Crippen LogP contribution in [0.1, 0.15) is 32.3 Å². The third-order valence-corrected chi connectivity index (χ3v) is 6.75. The summed E-state index contributed by atoms with van der Waals surface area (Å²) in [5.74, 6) is -1.67. The van der Waals surface area contributed by atoms with Crippen molar-refractivity contribution in [2.24, 2.45) is 11.7 Å². The fourth-order valence-electron chi connectivity index (χ4n) is 4.85. The predicted molar refractivity (Wildman–Crippen MR) is 122 cm³/mol. The predicted octanol–water partition coefficient (Wildman–Crippen LogP) is 3.67. The summed E-state index contributed by atoms with van der Waals surface area (Å²) in [6.45, 7) is 10.2. The van der Waals surface area contributed by atoms with Gasteiger partial charge in [-0.25, -0.2) is 4.39 Å². The molecule has 5 nitrogen and oxygen atoms in total. The summed E-state index contributed by atoms with van der Waals surface area (Å²) in [7, 11) is 0. The Bertz CT molecular complexity index is 962. The average Bonchev–Trinajstić information content (AvgIpc) is 3.10. The molecule has 2 heterocycles. The first-order valence-electron chi connectivity index (χ1n) is 10.2. The molecule has 168 valence electrons. The van der Waals surface area contributed by atoms with Crippen molar-refractivity contribution in [1.82, 2.24) is 10.2 Å². The first-order chi connectivity index (χ1) is 14.6. The highest BCUT2D eigenvalue weighted by Gasteiger charge is 2.66. The number of carbonyl (C=O) groups excluding carboxylic acids is 1. The molecule has 1 aromatic carbocycles. The number of carbonyl (C=O) groups is 1. The lowest BCUT2D eigenvalue weighted by Crippen LogP contribution is -2.57. The van der Waals surface area contributed by atoms with Gasteiger partial charge in [-0.05, 0) is 36.1 Å². The number of nitrogens with two attached hydrogens (primary N) is 1. The minimum absolute atomic E-state index is 0.0561. The SMILES string of the molecule is C=C1/C(=C\C(Cl)=C/C)NC(=O)[C@@]12[C@H](c1cccc(Cl)c1F)[C@@H](N)[C@@H](CO)N2CC(C)C. The second-order valence-corrected chi connectivity index (χ2v) is 9.27. The van der Waals surface area contributed by atoms with Gasteiger partial charge in [0.2, 0.25) is 5.91 Å². The molecule has 0 saturated carbocycles. The van der Waals surface area contributed by atoms with Crippen LogP contribution in [0.25, 0.3) is 0 Å². The summed E-state index contributed by atoms with van der Waals surface area (Å²) in [5, 5.41) is 13.5. The maximum Gasteiger partial charge on any atom is 0.250 e. The van der Waals surface area contributed by atoms with E-state index in [2.05, 4.69) is 11.9 Å². The van der Waals surface area contributed by atoms with Crippen LogP contribution in [0.15, 0.2) is 53.2 Å². The Morgan fingerprint density at radius 2 is 2.16 bits per heavy atom. The van der Waals surface area contributed by atoms with Gasteiger partial charge < -0.3 is 16.2 Å². The number of aliphatic hydroxyl groups excluding tert-OH is 1. The minimum atomic E-state index is -1.39. The lowest BCUT2D eigenvalue weighted by molar-refractivity contribution is -0.128. The van der Waals surface area contributed by atoms with Gasteiger partial charge in [-0.2, -0.15) is 0 Å². The van der Waals surface area contributed by atoms with E-state index in [4.69, 9.17) is 28.9 Å². The summed E-state index contributed by atoms with van der Waals surface area (Å²) in [6, 6.07) is 3.34. The number of amides is 1. The maximum absolute atomic E-state index is 15.2. The van der Waals surface area contributed by atoms with Gasteiger partial charge in [-0.3, -0.25) is 9.69 Å². The second kappa shape index (κ2) is 9.04. The molecule has 1 aromatic rings. The number of nitrogens with one attached hydrogen (secondary N) is 1. The standard InChI is InChI=1S/C23H28Cl2FN3O2/c1-5-14(24)9-17-13(4)23(22(31)28-17)19(15-7-6-8-16(25)20(15)26)21(27)18(11-30)29(23)10-12(2)3/h5-9,12,18-19,21,30H,4,10-11,27H2,1-3H3,(H,28,31)/b14-5+,17-9+/t18-,19-,21+,23+/m1/s1. The molecule has 3 rings (SSSR count). The van der Waals surface area contributed by atoms with Crippen LogP contribution in [0.5, 0.6) is 0 Å². The molecule has 8 heteroatoms. The number of hydrogen-bond donors (Lipinski definition) is 3. The fraction of sp³-hybridized carbons (Fsp3) is 0.435. The highest BCUT2D eigenvalue weighted by Crippen LogP contribution is 2.53. The van der Waals surface area contributed by atoms with Gasteiger partial charge in [0.25, 0.3) is 0 Å². The molecule has 0 bridgehead atoms. The molecule has 4 atom stereocenters. The molecular weight excluding hydrogens is 440 g/mol. The van der Waals surface area contributed by atoms with Crippen molar-refractivity contribution in [3.63, 3.8) is 0 Å². The lowest BCUT2D eigenvalue weighted by atomic mass is 9.73. The van der Waals surface area contributed by atoms with Gasteiger partial charge in [0.1, 0.15) is 11.4 Å². The number of hydrogen-bond acceptors (Lipinski definition) is 4. The quantitative estimate of drug-likeness (QED) is 0.616. The zero-order valence-corrected chi connectivity index (χ0v) is 19.3. The highest BCUT2D eigenvalue weighted by atomic mass is 35.5. The molecule has 0 radical (unpaired) electrons. The van der Waals surface area contributed by atoms with Gasteiger partial charge in [0, 0.05) is 35.3 Å². The Labute approximate surface area is 192 Å². The largest absolute Gasteiger partial charge is 0.395 e. The molecule has 1 spiro atoms. The van der Waals surface area contributed by atoms with Crippen LogP contribution in [-0.4, -0.2) is 46.7 Å². The van der Waals surface area contributed by atoms with Crippen LogP contribution >= 0.6 is 23.2 Å². The Morgan fingerprint density at radius 1 is 1.48 bits per heavy atom. The second-order valence-electron chi connectivity index (χ2n) is 8.42. The van der Waals surface area contributed by atoms with Gasteiger partial charge in [0.15, 0.2) is 0 Å². The number of likely N-dealkylation sites (tertiary alicyclic amines) is 1. The van der Waals surface area contributed by atoms with Crippen LogP contribution in [0.4, 0.5) is 4.39 Å². The molecule has 2 aliphatic rings. The van der Waals surface area contributed by atoms with Crippen LogP contribution in [0.2, 0.25) is 5.02 Å². The van der Waals surface area contributed by atoms with E-state index < -0.39 is 29.4 Å². The molecule has 0 aromatic heterocycles. The summed E-state index contributed by atoms with van der Waals surface area (Å²) in [6.07, 6.45) is 3.31. The molecule has 0 aliphatic carbocycles. The minimum Gasteiger partial charge on any atom is -0.395 e. The van der Waals surface area contributed by atoms with Gasteiger partial charge in [0.05, 0.1) is 11.6 Å². The molecule has 1 amide bonds. The van der Waals surface area contributed by atoms with E-state index in [-0.39, 0.29) is 29.0 Å². The molecule has 2 fully saturated rings. The smallest absolute Gasteiger partial charge is 0.250 e. The summed E-state index contributed by atoms with van der Waals surface area (Å²) < 4.78 is 15.2. The summed E-state index contributed by atoms with van der Waals surface area (Å²) >= 11 is 12.3. The van der Waals surface area contributed by atoms with E-state index in [0.29, 0.717) is 22.8 Å².